The third-order valence-corrected chi connectivity index (χ3v) is 4.86. The lowest BCUT2D eigenvalue weighted by Crippen LogP contribution is -2.40. The van der Waals surface area contributed by atoms with Crippen LogP contribution in [0.25, 0.3) is 10.2 Å². The average Bonchev–Trinajstić information content (AvgIpc) is 2.90. The highest BCUT2D eigenvalue weighted by Crippen LogP contribution is 2.35. The third-order valence-electron chi connectivity index (χ3n) is 3.58. The van der Waals surface area contributed by atoms with Crippen LogP contribution in [-0.2, 0) is 11.8 Å². The largest absolute Gasteiger partial charge is 0.397 e. The molecule has 0 saturated carbocycles. The highest BCUT2D eigenvalue weighted by molar-refractivity contribution is 7.21. The number of nitrogens with one attached hydrogen (secondary N) is 1. The van der Waals surface area contributed by atoms with Gasteiger partial charge in [0.15, 0.2) is 0 Å². The van der Waals surface area contributed by atoms with Crippen LogP contribution in [0, 0.1) is 6.92 Å². The number of rotatable bonds is 2. The van der Waals surface area contributed by atoms with Gasteiger partial charge in [0.1, 0.15) is 9.71 Å². The lowest BCUT2D eigenvalue weighted by Gasteiger charge is -2.22. The zero-order valence-electron chi connectivity index (χ0n) is 11.6. The number of nitrogens with two attached hydrogens (primary N) is 1. The van der Waals surface area contributed by atoms with Crippen molar-refractivity contribution in [1.29, 1.82) is 0 Å². The Kier molecular flexibility index (Phi) is 3.39. The fourth-order valence-corrected chi connectivity index (χ4v) is 3.69. The molecule has 1 amide bonds. The Morgan fingerprint density at radius 2 is 2.40 bits per heavy atom. The smallest absolute Gasteiger partial charge is 0.263 e. The molecule has 1 unspecified atom stereocenters. The molecule has 0 bridgehead atoms. The predicted octanol–water partition coefficient (Wildman–Crippen LogP) is 1.43. The molecule has 1 atom stereocenters. The van der Waals surface area contributed by atoms with E-state index in [9.17, 15) is 4.79 Å². The number of aromatic nitrogens is 2. The van der Waals surface area contributed by atoms with Crippen LogP contribution in [0.5, 0.6) is 0 Å². The van der Waals surface area contributed by atoms with Crippen molar-refractivity contribution < 1.29 is 9.53 Å². The van der Waals surface area contributed by atoms with Gasteiger partial charge in [0.05, 0.1) is 29.4 Å². The third kappa shape index (κ3) is 2.16. The molecule has 2 aromatic heterocycles. The molecule has 3 N–H and O–H groups in total. The van der Waals surface area contributed by atoms with E-state index in [1.54, 1.807) is 4.68 Å². The normalized spacial score (nSPS) is 19.4. The van der Waals surface area contributed by atoms with Crippen molar-refractivity contribution >= 4 is 33.1 Å². The number of thiophene rings is 1. The second-order valence-corrected chi connectivity index (χ2v) is 6.12. The molecule has 1 aliphatic rings. The quantitative estimate of drug-likeness (QED) is 0.878. The van der Waals surface area contributed by atoms with Crippen LogP contribution < -0.4 is 11.1 Å². The first-order valence-electron chi connectivity index (χ1n) is 6.68. The number of nitrogen functional groups attached to an aromatic ring is 1. The maximum absolute atomic E-state index is 12.4. The van der Waals surface area contributed by atoms with Crippen molar-refractivity contribution in [2.45, 2.75) is 25.8 Å². The highest BCUT2D eigenvalue weighted by atomic mass is 32.1. The van der Waals surface area contributed by atoms with Gasteiger partial charge >= 0.3 is 0 Å². The Hall–Kier alpha value is -1.60. The molecule has 0 aromatic carbocycles. The molecule has 1 aliphatic heterocycles. The van der Waals surface area contributed by atoms with E-state index < -0.39 is 0 Å². The number of nitrogens with zero attached hydrogens (tertiary/aromatic N) is 2. The van der Waals surface area contributed by atoms with E-state index in [2.05, 4.69) is 10.4 Å². The van der Waals surface area contributed by atoms with Crippen LogP contribution in [0.4, 0.5) is 5.69 Å². The molecule has 1 saturated heterocycles. The van der Waals surface area contributed by atoms with Crippen molar-refractivity contribution in [3.05, 3.63) is 10.6 Å². The Labute approximate surface area is 120 Å². The molecular weight excluding hydrogens is 276 g/mol. The molecule has 7 heteroatoms. The van der Waals surface area contributed by atoms with Gasteiger partial charge in [-0.3, -0.25) is 9.48 Å². The summed E-state index contributed by atoms with van der Waals surface area (Å²) in [5.41, 5.74) is 7.51. The first kappa shape index (κ1) is 13.4. The molecule has 2 aromatic rings. The van der Waals surface area contributed by atoms with E-state index in [1.165, 1.54) is 11.3 Å². The van der Waals surface area contributed by atoms with E-state index in [1.807, 2.05) is 14.0 Å². The summed E-state index contributed by atoms with van der Waals surface area (Å²) in [5.74, 6) is -0.112. The summed E-state index contributed by atoms with van der Waals surface area (Å²) in [5, 5.41) is 8.22. The SMILES string of the molecule is Cc1nn(C)c2sc(C(=O)NC3CCCOC3)c(N)c12. The summed E-state index contributed by atoms with van der Waals surface area (Å²) in [6.07, 6.45) is 1.94. The summed E-state index contributed by atoms with van der Waals surface area (Å²) in [6.45, 7) is 3.27. The number of carbonyl (C=O) groups is 1. The van der Waals surface area contributed by atoms with E-state index in [-0.39, 0.29) is 11.9 Å². The van der Waals surface area contributed by atoms with Gasteiger partial charge in [0.2, 0.25) is 0 Å². The van der Waals surface area contributed by atoms with Gasteiger partial charge in [-0.25, -0.2) is 0 Å². The van der Waals surface area contributed by atoms with Gasteiger partial charge in [-0.15, -0.1) is 11.3 Å². The van der Waals surface area contributed by atoms with E-state index in [0.717, 1.165) is 35.4 Å². The monoisotopic (exact) mass is 294 g/mol. The molecule has 108 valence electrons. The molecule has 3 rings (SSSR count). The van der Waals surface area contributed by atoms with Gasteiger partial charge in [0.25, 0.3) is 5.91 Å². The van der Waals surface area contributed by atoms with Crippen LogP contribution in [0.2, 0.25) is 0 Å². The van der Waals surface area contributed by atoms with Gasteiger partial charge in [-0.1, -0.05) is 0 Å². The number of carbonyl (C=O) groups excluding carboxylic acids is 1. The number of ether oxygens (including phenoxy) is 1. The molecular formula is C13H18N4O2S. The lowest BCUT2D eigenvalue weighted by atomic mass is 10.1. The van der Waals surface area contributed by atoms with Gasteiger partial charge in [0, 0.05) is 13.7 Å². The summed E-state index contributed by atoms with van der Waals surface area (Å²) in [4.78, 5) is 13.9. The first-order valence-corrected chi connectivity index (χ1v) is 7.49. The van der Waals surface area contributed by atoms with E-state index in [4.69, 9.17) is 10.5 Å². The summed E-state index contributed by atoms with van der Waals surface area (Å²) >= 11 is 1.39. The zero-order chi connectivity index (χ0) is 14.3. The van der Waals surface area contributed by atoms with Gasteiger partial charge < -0.3 is 15.8 Å². The van der Waals surface area contributed by atoms with Crippen LogP contribution in [0.15, 0.2) is 0 Å². The minimum absolute atomic E-state index is 0.0834. The van der Waals surface area contributed by atoms with Crippen LogP contribution in [0.3, 0.4) is 0 Å². The number of hydrogen-bond acceptors (Lipinski definition) is 5. The van der Waals surface area contributed by atoms with Crippen molar-refractivity contribution in [3.8, 4) is 0 Å². The van der Waals surface area contributed by atoms with Gasteiger partial charge in [-0.05, 0) is 19.8 Å². The standard InChI is InChI=1S/C13H18N4O2S/c1-7-9-10(14)11(20-13(9)17(2)16-7)12(18)15-8-4-3-5-19-6-8/h8H,3-6,14H2,1-2H3,(H,15,18). The van der Waals surface area contributed by atoms with Crippen molar-refractivity contribution in [3.63, 3.8) is 0 Å². The second kappa shape index (κ2) is 5.06. The predicted molar refractivity (Wildman–Crippen MR) is 79.0 cm³/mol. The number of hydrogen-bond donors (Lipinski definition) is 2. The molecule has 0 spiro atoms. The molecule has 20 heavy (non-hydrogen) atoms. The Bertz CT molecular complexity index is 655. The molecule has 3 heterocycles. The number of anilines is 1. The van der Waals surface area contributed by atoms with E-state index >= 15 is 0 Å². The Morgan fingerprint density at radius 3 is 3.05 bits per heavy atom. The van der Waals surface area contributed by atoms with Crippen LogP contribution in [0.1, 0.15) is 28.2 Å². The molecule has 1 fully saturated rings. The van der Waals surface area contributed by atoms with Crippen LogP contribution >= 0.6 is 11.3 Å². The number of aryl methyl sites for hydroxylation is 2. The van der Waals surface area contributed by atoms with Crippen molar-refractivity contribution in [2.75, 3.05) is 18.9 Å². The molecule has 0 radical (unpaired) electrons. The Morgan fingerprint density at radius 1 is 1.60 bits per heavy atom. The Balaban J connectivity index is 1.87. The van der Waals surface area contributed by atoms with Crippen molar-refractivity contribution in [1.82, 2.24) is 15.1 Å². The lowest BCUT2D eigenvalue weighted by molar-refractivity contribution is 0.0626. The van der Waals surface area contributed by atoms with Gasteiger partial charge in [-0.2, -0.15) is 5.10 Å². The number of amides is 1. The van der Waals surface area contributed by atoms with E-state index in [0.29, 0.717) is 17.2 Å². The maximum Gasteiger partial charge on any atom is 0.263 e. The minimum Gasteiger partial charge on any atom is -0.397 e. The van der Waals surface area contributed by atoms with Crippen molar-refractivity contribution in [2.24, 2.45) is 7.05 Å². The zero-order valence-corrected chi connectivity index (χ0v) is 12.4. The molecule has 0 aliphatic carbocycles. The van der Waals surface area contributed by atoms with Crippen LogP contribution in [-0.4, -0.2) is 34.9 Å². The first-order chi connectivity index (χ1) is 9.58. The summed E-state index contributed by atoms with van der Waals surface area (Å²) < 4.78 is 7.14. The summed E-state index contributed by atoms with van der Waals surface area (Å²) in [7, 11) is 1.86. The number of fused-ring (bicyclic) bond motifs is 1. The highest BCUT2D eigenvalue weighted by Gasteiger charge is 2.23. The fourth-order valence-electron chi connectivity index (χ4n) is 2.60. The average molecular weight is 294 g/mol. The minimum atomic E-state index is -0.112. The summed E-state index contributed by atoms with van der Waals surface area (Å²) in [6, 6.07) is 0.0834. The fraction of sp³-hybridized carbons (Fsp3) is 0.538. The maximum atomic E-state index is 12.4. The topological polar surface area (TPSA) is 82.2 Å². The second-order valence-electron chi connectivity index (χ2n) is 5.12. The molecule has 6 nitrogen and oxygen atoms in total.